The summed E-state index contributed by atoms with van der Waals surface area (Å²) in [5.74, 6) is 2.87. The molecule has 6 atom stereocenters. The quantitative estimate of drug-likeness (QED) is 0.777. The van der Waals surface area contributed by atoms with Crippen LogP contribution in [0.15, 0.2) is 11.6 Å². The molecular weight excluding hydrogens is 270 g/mol. The van der Waals surface area contributed by atoms with E-state index in [1.807, 2.05) is 0 Å². The Balaban J connectivity index is 1.67. The molecule has 2 nitrogen and oxygen atoms in total. The van der Waals surface area contributed by atoms with Crippen LogP contribution >= 0.6 is 0 Å². The highest BCUT2D eigenvalue weighted by Gasteiger charge is 2.59. The predicted molar refractivity (Wildman–Crippen MR) is 86.8 cm³/mol. The van der Waals surface area contributed by atoms with Gasteiger partial charge in [0.2, 0.25) is 0 Å². The number of nitriles is 1. The third-order valence-corrected chi connectivity index (χ3v) is 8.28. The van der Waals surface area contributed by atoms with Gasteiger partial charge in [-0.05, 0) is 74.0 Å². The summed E-state index contributed by atoms with van der Waals surface area (Å²) in [4.78, 5) is 0. The maximum Gasteiger partial charge on any atom is 0.0949 e. The molecule has 0 bridgehead atoms. The van der Waals surface area contributed by atoms with Crippen molar-refractivity contribution in [1.29, 1.82) is 5.26 Å². The van der Waals surface area contributed by atoms with Crippen molar-refractivity contribution in [3.05, 3.63) is 11.6 Å². The number of aliphatic hydroxyl groups excluding tert-OH is 1. The van der Waals surface area contributed by atoms with E-state index in [0.29, 0.717) is 18.4 Å². The molecule has 0 spiro atoms. The number of hydrogen-bond acceptors (Lipinski definition) is 2. The second kappa shape index (κ2) is 5.10. The van der Waals surface area contributed by atoms with Crippen molar-refractivity contribution in [2.45, 2.75) is 64.7 Å². The zero-order chi connectivity index (χ0) is 15.4. The second-order valence-corrected chi connectivity index (χ2v) is 8.71. The molecule has 1 N–H and O–H groups in total. The summed E-state index contributed by atoms with van der Waals surface area (Å²) in [6.07, 6.45) is 13.6. The molecule has 120 valence electrons. The van der Waals surface area contributed by atoms with Crippen molar-refractivity contribution < 1.29 is 5.11 Å². The van der Waals surface area contributed by atoms with E-state index < -0.39 is 0 Å². The zero-order valence-corrected chi connectivity index (χ0v) is 13.9. The number of hydrogen-bond donors (Lipinski definition) is 1. The Kier molecular flexibility index (Phi) is 3.42. The average molecular weight is 299 g/mol. The summed E-state index contributed by atoms with van der Waals surface area (Å²) in [5, 5.41) is 19.8. The van der Waals surface area contributed by atoms with E-state index in [4.69, 9.17) is 0 Å². The van der Waals surface area contributed by atoms with Gasteiger partial charge in [0.15, 0.2) is 0 Å². The van der Waals surface area contributed by atoms with Crippen LogP contribution in [-0.2, 0) is 0 Å². The van der Waals surface area contributed by atoms with Crippen molar-refractivity contribution in [2.24, 2.45) is 34.5 Å². The fourth-order valence-corrected chi connectivity index (χ4v) is 7.12. The lowest BCUT2D eigenvalue weighted by Gasteiger charge is -2.60. The highest BCUT2D eigenvalue weighted by atomic mass is 16.3. The Morgan fingerprint density at radius 3 is 2.82 bits per heavy atom. The van der Waals surface area contributed by atoms with Gasteiger partial charge in [0, 0.05) is 17.6 Å². The lowest BCUT2D eigenvalue weighted by atomic mass is 9.44. The molecule has 0 heterocycles. The van der Waals surface area contributed by atoms with Crippen molar-refractivity contribution in [2.75, 3.05) is 6.61 Å². The molecule has 0 radical (unpaired) electrons. The Morgan fingerprint density at radius 2 is 2.05 bits per heavy atom. The molecule has 0 aromatic carbocycles. The van der Waals surface area contributed by atoms with Crippen LogP contribution in [0.3, 0.4) is 0 Å². The van der Waals surface area contributed by atoms with Crippen LogP contribution in [0.4, 0.5) is 0 Å². The smallest absolute Gasteiger partial charge is 0.0949 e. The van der Waals surface area contributed by atoms with Gasteiger partial charge < -0.3 is 5.11 Å². The van der Waals surface area contributed by atoms with E-state index in [2.05, 4.69) is 19.1 Å². The third kappa shape index (κ3) is 1.75. The van der Waals surface area contributed by atoms with Gasteiger partial charge in [-0.15, -0.1) is 0 Å². The minimum absolute atomic E-state index is 0.133. The van der Waals surface area contributed by atoms with Crippen LogP contribution in [0.5, 0.6) is 0 Å². The summed E-state index contributed by atoms with van der Waals surface area (Å²) < 4.78 is 0. The number of rotatable bonds is 1. The molecule has 0 aliphatic heterocycles. The molecule has 0 amide bonds. The highest BCUT2D eigenvalue weighted by molar-refractivity contribution is 5.35. The molecular formula is C20H29NO. The molecule has 0 saturated heterocycles. The maximum atomic E-state index is 10.4. The molecule has 3 fully saturated rings. The van der Waals surface area contributed by atoms with Gasteiger partial charge in [0.25, 0.3) is 0 Å². The molecule has 4 aliphatic rings. The SMILES string of the molecule is CC12CCC3C(CCC4CCCCC43CO)C1CC=C2C#N. The Morgan fingerprint density at radius 1 is 1.18 bits per heavy atom. The van der Waals surface area contributed by atoms with Crippen molar-refractivity contribution in [3.63, 3.8) is 0 Å². The van der Waals surface area contributed by atoms with Crippen LogP contribution in [0.25, 0.3) is 0 Å². The summed E-state index contributed by atoms with van der Waals surface area (Å²) in [6, 6.07) is 2.49. The standard InChI is InChI=1S/C20H29NO/c1-19-11-9-18-16(17(19)8-6-15(19)12-21)7-5-14-4-2-3-10-20(14,18)13-22/h6,14,16-18,22H,2-5,7-11,13H2,1H3. The molecule has 3 saturated carbocycles. The molecule has 6 unspecified atom stereocenters. The Labute approximate surface area is 134 Å². The van der Waals surface area contributed by atoms with Gasteiger partial charge in [-0.1, -0.05) is 25.8 Å². The normalized spacial score (nSPS) is 50.3. The largest absolute Gasteiger partial charge is 0.396 e. The second-order valence-electron chi connectivity index (χ2n) is 8.71. The number of fused-ring (bicyclic) bond motifs is 5. The van der Waals surface area contributed by atoms with Crippen LogP contribution < -0.4 is 0 Å². The fourth-order valence-electron chi connectivity index (χ4n) is 7.12. The molecule has 2 heteroatoms. The average Bonchev–Trinajstić information content (AvgIpc) is 2.90. The first-order valence-corrected chi connectivity index (χ1v) is 9.37. The number of aliphatic hydroxyl groups is 1. The monoisotopic (exact) mass is 299 g/mol. The van der Waals surface area contributed by atoms with Gasteiger partial charge in [-0.3, -0.25) is 0 Å². The third-order valence-electron chi connectivity index (χ3n) is 8.28. The van der Waals surface area contributed by atoms with Gasteiger partial charge in [-0.25, -0.2) is 0 Å². The van der Waals surface area contributed by atoms with Gasteiger partial charge in [-0.2, -0.15) is 5.26 Å². The van der Waals surface area contributed by atoms with E-state index in [1.165, 1.54) is 44.9 Å². The number of nitrogens with zero attached hydrogens (tertiary/aromatic N) is 1. The van der Waals surface area contributed by atoms with Crippen LogP contribution in [0.2, 0.25) is 0 Å². The van der Waals surface area contributed by atoms with E-state index in [9.17, 15) is 10.4 Å². The minimum atomic E-state index is 0.133. The number of allylic oxidation sites excluding steroid dienone is 2. The van der Waals surface area contributed by atoms with Crippen molar-refractivity contribution in [3.8, 4) is 6.07 Å². The predicted octanol–water partition coefficient (Wildman–Crippen LogP) is 4.45. The molecule has 22 heavy (non-hydrogen) atoms. The first kappa shape index (κ1) is 14.8. The minimum Gasteiger partial charge on any atom is -0.396 e. The fraction of sp³-hybridized carbons (Fsp3) is 0.850. The molecule has 0 aromatic rings. The summed E-state index contributed by atoms with van der Waals surface area (Å²) >= 11 is 0. The Hall–Kier alpha value is -0.810. The van der Waals surface area contributed by atoms with Crippen LogP contribution in [0.1, 0.15) is 64.7 Å². The summed E-state index contributed by atoms with van der Waals surface area (Å²) in [6.45, 7) is 2.75. The van der Waals surface area contributed by atoms with Crippen LogP contribution in [-0.4, -0.2) is 11.7 Å². The molecule has 4 aliphatic carbocycles. The summed E-state index contributed by atoms with van der Waals surface area (Å²) in [7, 11) is 0. The van der Waals surface area contributed by atoms with Gasteiger partial charge in [0.05, 0.1) is 6.07 Å². The molecule has 0 aromatic heterocycles. The van der Waals surface area contributed by atoms with E-state index in [-0.39, 0.29) is 10.8 Å². The first-order chi connectivity index (χ1) is 10.7. The first-order valence-electron chi connectivity index (χ1n) is 9.37. The molecule has 4 rings (SSSR count). The zero-order valence-electron chi connectivity index (χ0n) is 13.9. The Bertz CT molecular complexity index is 532. The topological polar surface area (TPSA) is 44.0 Å². The van der Waals surface area contributed by atoms with Crippen molar-refractivity contribution >= 4 is 0 Å². The van der Waals surface area contributed by atoms with Crippen LogP contribution in [0, 0.1) is 45.8 Å². The van der Waals surface area contributed by atoms with Gasteiger partial charge in [0.1, 0.15) is 0 Å². The van der Waals surface area contributed by atoms with E-state index in [0.717, 1.165) is 30.3 Å². The van der Waals surface area contributed by atoms with E-state index in [1.54, 1.807) is 0 Å². The lowest BCUT2D eigenvalue weighted by molar-refractivity contribution is -0.131. The van der Waals surface area contributed by atoms with E-state index >= 15 is 0 Å². The van der Waals surface area contributed by atoms with Gasteiger partial charge >= 0.3 is 0 Å². The summed E-state index contributed by atoms with van der Waals surface area (Å²) in [5.41, 5.74) is 1.41. The lowest BCUT2D eigenvalue weighted by Crippen LogP contribution is -2.55. The highest BCUT2D eigenvalue weighted by Crippen LogP contribution is 2.66. The maximum absolute atomic E-state index is 10.4. The van der Waals surface area contributed by atoms with Crippen molar-refractivity contribution in [1.82, 2.24) is 0 Å².